The number of aromatic amines is 1. The third kappa shape index (κ3) is 4.74. The molecule has 0 bridgehead atoms. The zero-order valence-electron chi connectivity index (χ0n) is 18.1. The van der Waals surface area contributed by atoms with E-state index < -0.39 is 44.9 Å². The SMILES string of the molecule is O=S(=O)(Nc1nccs1)c1cc2c(cc1F)[C@H](N1CC[C@@H](C(F)(F)F)C[C@H]1c1cn[nH]c1)CCO2. The first-order valence-corrected chi connectivity index (χ1v) is 13.2. The fourth-order valence-electron chi connectivity index (χ4n) is 4.79. The van der Waals surface area contributed by atoms with Crippen molar-refractivity contribution in [2.75, 3.05) is 17.9 Å². The Labute approximate surface area is 202 Å². The van der Waals surface area contributed by atoms with Gasteiger partial charge in [-0.2, -0.15) is 18.3 Å². The molecule has 1 fully saturated rings. The van der Waals surface area contributed by atoms with E-state index in [1.54, 1.807) is 11.6 Å². The molecule has 0 spiro atoms. The summed E-state index contributed by atoms with van der Waals surface area (Å²) in [5.41, 5.74) is 1.01. The lowest BCUT2D eigenvalue weighted by Crippen LogP contribution is -2.44. The Hall–Kier alpha value is -2.71. The number of piperidine rings is 1. The number of fused-ring (bicyclic) bond motifs is 1. The van der Waals surface area contributed by atoms with Crippen molar-refractivity contribution in [1.29, 1.82) is 0 Å². The highest BCUT2D eigenvalue weighted by Crippen LogP contribution is 2.48. The Bertz CT molecular complexity index is 1280. The summed E-state index contributed by atoms with van der Waals surface area (Å²) in [6, 6.07) is 1.19. The largest absolute Gasteiger partial charge is 0.493 e. The van der Waals surface area contributed by atoms with Crippen LogP contribution in [0.5, 0.6) is 5.75 Å². The number of rotatable bonds is 5. The molecule has 0 saturated carbocycles. The van der Waals surface area contributed by atoms with E-state index in [0.717, 1.165) is 23.5 Å². The molecule has 2 aliphatic heterocycles. The molecule has 14 heteroatoms. The fraction of sp³-hybridized carbons (Fsp3) is 0.429. The number of H-pyrrole nitrogens is 1. The molecule has 1 aromatic carbocycles. The third-order valence-electron chi connectivity index (χ3n) is 6.43. The van der Waals surface area contributed by atoms with Gasteiger partial charge in [-0.15, -0.1) is 11.3 Å². The van der Waals surface area contributed by atoms with E-state index in [1.807, 2.05) is 4.90 Å². The Morgan fingerprint density at radius 1 is 1.23 bits per heavy atom. The smallest absolute Gasteiger partial charge is 0.391 e. The number of anilines is 1. The van der Waals surface area contributed by atoms with Crippen LogP contribution in [0, 0.1) is 11.7 Å². The van der Waals surface area contributed by atoms with Crippen molar-refractivity contribution in [3.8, 4) is 5.75 Å². The van der Waals surface area contributed by atoms with Crippen LogP contribution in [0.25, 0.3) is 0 Å². The van der Waals surface area contributed by atoms with Crippen LogP contribution < -0.4 is 9.46 Å². The van der Waals surface area contributed by atoms with Crippen LogP contribution in [0.4, 0.5) is 22.7 Å². The summed E-state index contributed by atoms with van der Waals surface area (Å²) in [6.07, 6.45) is 0.342. The summed E-state index contributed by atoms with van der Waals surface area (Å²) >= 11 is 1.05. The number of benzene rings is 1. The molecule has 2 aromatic heterocycles. The molecule has 8 nitrogen and oxygen atoms in total. The molecule has 2 N–H and O–H groups in total. The molecule has 188 valence electrons. The maximum absolute atomic E-state index is 15.2. The first-order valence-electron chi connectivity index (χ1n) is 10.8. The van der Waals surface area contributed by atoms with E-state index in [4.69, 9.17) is 4.74 Å². The number of alkyl halides is 3. The highest BCUT2D eigenvalue weighted by Gasteiger charge is 2.47. The first kappa shape index (κ1) is 24.0. The summed E-state index contributed by atoms with van der Waals surface area (Å²) in [6.45, 7) is 0.345. The van der Waals surface area contributed by atoms with Crippen LogP contribution in [0.15, 0.2) is 41.0 Å². The van der Waals surface area contributed by atoms with Crippen molar-refractivity contribution in [3.05, 3.63) is 53.0 Å². The van der Waals surface area contributed by atoms with Gasteiger partial charge in [-0.25, -0.2) is 17.8 Å². The molecule has 3 atom stereocenters. The standard InChI is InChI=1S/C21H21F4N5O3S2/c22-15-8-14-16(30-4-1-13(21(23,24)25)7-17(30)12-10-27-28-11-12)2-5-33-18(14)9-19(15)35(31,32)29-20-26-3-6-34-20/h3,6,8-11,13,16-17H,1-2,4-5,7H2,(H,26,29)(H,27,28)/t13-,16-,17+/m1/s1. The summed E-state index contributed by atoms with van der Waals surface area (Å²) in [5.74, 6) is -2.25. The summed E-state index contributed by atoms with van der Waals surface area (Å²) in [5, 5.41) is 8.22. The van der Waals surface area contributed by atoms with E-state index in [-0.39, 0.29) is 36.9 Å². The van der Waals surface area contributed by atoms with E-state index in [9.17, 15) is 21.6 Å². The average molecular weight is 532 g/mol. The van der Waals surface area contributed by atoms with E-state index >= 15 is 4.39 Å². The van der Waals surface area contributed by atoms with Crippen molar-refractivity contribution in [1.82, 2.24) is 20.1 Å². The van der Waals surface area contributed by atoms with Gasteiger partial charge in [0.15, 0.2) is 5.13 Å². The van der Waals surface area contributed by atoms with Crippen molar-refractivity contribution in [2.45, 2.75) is 42.4 Å². The normalized spacial score (nSPS) is 23.5. The number of nitrogens with zero attached hydrogens (tertiary/aromatic N) is 3. The number of hydrogen-bond donors (Lipinski definition) is 2. The van der Waals surface area contributed by atoms with Crippen LogP contribution in [0.3, 0.4) is 0 Å². The van der Waals surface area contributed by atoms with Gasteiger partial charge in [0.25, 0.3) is 10.0 Å². The van der Waals surface area contributed by atoms with Crippen LogP contribution in [-0.4, -0.2) is 47.8 Å². The van der Waals surface area contributed by atoms with Crippen molar-refractivity contribution in [2.24, 2.45) is 5.92 Å². The number of nitrogens with one attached hydrogen (secondary N) is 2. The zero-order chi connectivity index (χ0) is 24.8. The molecule has 4 heterocycles. The second-order valence-corrected chi connectivity index (χ2v) is 11.0. The second kappa shape index (κ2) is 9.06. The molecule has 35 heavy (non-hydrogen) atoms. The van der Waals surface area contributed by atoms with Crippen molar-refractivity contribution in [3.63, 3.8) is 0 Å². The Balaban J connectivity index is 1.48. The van der Waals surface area contributed by atoms with Gasteiger partial charge in [-0.1, -0.05) is 0 Å². The van der Waals surface area contributed by atoms with Gasteiger partial charge in [0.05, 0.1) is 18.7 Å². The van der Waals surface area contributed by atoms with Crippen LogP contribution in [-0.2, 0) is 10.0 Å². The molecule has 0 unspecified atom stereocenters. The third-order valence-corrected chi connectivity index (χ3v) is 8.60. The predicted octanol–water partition coefficient (Wildman–Crippen LogP) is 4.65. The zero-order valence-corrected chi connectivity index (χ0v) is 19.8. The number of hydrogen-bond acceptors (Lipinski definition) is 7. The van der Waals surface area contributed by atoms with Gasteiger partial charge in [-0.05, 0) is 25.5 Å². The fourth-order valence-corrected chi connectivity index (χ4v) is 6.65. The van der Waals surface area contributed by atoms with E-state index in [0.29, 0.717) is 17.5 Å². The molecule has 5 rings (SSSR count). The average Bonchev–Trinajstić information content (AvgIpc) is 3.51. The monoisotopic (exact) mass is 531 g/mol. The van der Waals surface area contributed by atoms with Gasteiger partial charge < -0.3 is 4.74 Å². The maximum Gasteiger partial charge on any atom is 0.391 e. The topological polar surface area (TPSA) is 100 Å². The number of ether oxygens (including phenoxy) is 1. The van der Waals surface area contributed by atoms with Crippen LogP contribution in [0.1, 0.15) is 42.5 Å². The van der Waals surface area contributed by atoms with E-state index in [1.165, 1.54) is 12.4 Å². The molecular formula is C21H21F4N5O3S2. The Morgan fingerprint density at radius 3 is 2.74 bits per heavy atom. The highest BCUT2D eigenvalue weighted by atomic mass is 32.2. The lowest BCUT2D eigenvalue weighted by atomic mass is 9.84. The second-order valence-electron chi connectivity index (χ2n) is 8.46. The minimum absolute atomic E-state index is 0.0861. The van der Waals surface area contributed by atoms with Gasteiger partial charge in [0.1, 0.15) is 16.5 Å². The summed E-state index contributed by atoms with van der Waals surface area (Å²) in [4.78, 5) is 5.18. The molecule has 3 aromatic rings. The highest BCUT2D eigenvalue weighted by molar-refractivity contribution is 7.93. The summed E-state index contributed by atoms with van der Waals surface area (Å²) in [7, 11) is -4.27. The molecule has 0 radical (unpaired) electrons. The quantitative estimate of drug-likeness (QED) is 0.465. The molecule has 2 aliphatic rings. The maximum atomic E-state index is 15.2. The Kier molecular flexibility index (Phi) is 6.21. The Morgan fingerprint density at radius 2 is 2.06 bits per heavy atom. The minimum Gasteiger partial charge on any atom is -0.493 e. The lowest BCUT2D eigenvalue weighted by Gasteiger charge is -2.45. The summed E-state index contributed by atoms with van der Waals surface area (Å²) < 4.78 is 89.2. The molecule has 0 aliphatic carbocycles. The van der Waals surface area contributed by atoms with Crippen LogP contribution in [0.2, 0.25) is 0 Å². The molecular weight excluding hydrogens is 510 g/mol. The van der Waals surface area contributed by atoms with Gasteiger partial charge >= 0.3 is 6.18 Å². The van der Waals surface area contributed by atoms with Crippen LogP contribution >= 0.6 is 11.3 Å². The lowest BCUT2D eigenvalue weighted by molar-refractivity contribution is -0.192. The number of thiazole rings is 1. The number of sulfonamides is 1. The molecule has 0 amide bonds. The molecule has 1 saturated heterocycles. The number of aromatic nitrogens is 3. The van der Waals surface area contributed by atoms with Crippen molar-refractivity contribution < 1.29 is 30.7 Å². The minimum atomic E-state index is -4.32. The first-order chi connectivity index (χ1) is 16.6. The van der Waals surface area contributed by atoms with Crippen molar-refractivity contribution >= 4 is 26.5 Å². The van der Waals surface area contributed by atoms with Gasteiger partial charge in [0.2, 0.25) is 0 Å². The number of likely N-dealkylation sites (tertiary alicyclic amines) is 1. The van der Waals surface area contributed by atoms with E-state index in [2.05, 4.69) is 19.9 Å². The van der Waals surface area contributed by atoms with Gasteiger partial charge in [-0.3, -0.25) is 14.7 Å². The van der Waals surface area contributed by atoms with Gasteiger partial charge in [0, 0.05) is 53.5 Å². The predicted molar refractivity (Wildman–Crippen MR) is 119 cm³/mol. The number of halogens is 4.